The lowest BCUT2D eigenvalue weighted by molar-refractivity contribution is -0.0371. The molecule has 0 radical (unpaired) electrons. The lowest BCUT2D eigenvalue weighted by atomic mass is 10.0. The zero-order valence-corrected chi connectivity index (χ0v) is 26.7. The Hall–Kier alpha value is -4.11. The molecule has 238 valence electrons. The smallest absolute Gasteiger partial charge is 0.161 e. The zero-order valence-electron chi connectivity index (χ0n) is 26.7. The summed E-state index contributed by atoms with van der Waals surface area (Å²) in [5, 5.41) is 6.00. The highest BCUT2D eigenvalue weighted by Crippen LogP contribution is 2.34. The van der Waals surface area contributed by atoms with Gasteiger partial charge in [-0.15, -0.1) is 0 Å². The molecule has 2 unspecified atom stereocenters. The molecule has 7 nitrogen and oxygen atoms in total. The fraction of sp³-hybridized carbons (Fsp3) is 0.368. The Labute approximate surface area is 270 Å². The molecule has 0 aliphatic carbocycles. The summed E-state index contributed by atoms with van der Waals surface area (Å²) in [5.41, 5.74) is 6.23. The van der Waals surface area contributed by atoms with Gasteiger partial charge in [-0.25, -0.2) is 14.1 Å². The Balaban J connectivity index is 1.18. The molecule has 4 heterocycles. The second kappa shape index (κ2) is 13.7. The Bertz CT molecular complexity index is 1770. The SMILES string of the molecule is Cc1nn(C2CCCCO2)c2nc(-c3ccc(OCc4ccccc4)cc3F)cc(CN3CCN(Cc4ccccc4)CC3C)c12. The highest BCUT2D eigenvalue weighted by molar-refractivity contribution is 5.85. The van der Waals surface area contributed by atoms with Gasteiger partial charge in [-0.2, -0.15) is 5.10 Å². The van der Waals surface area contributed by atoms with Crippen molar-refractivity contribution in [1.82, 2.24) is 24.6 Å². The van der Waals surface area contributed by atoms with Crippen molar-refractivity contribution in [2.45, 2.75) is 65.1 Å². The first-order chi connectivity index (χ1) is 22.5. The molecule has 0 amide bonds. The van der Waals surface area contributed by atoms with Crippen LogP contribution in [0.3, 0.4) is 0 Å². The maximum atomic E-state index is 15.8. The number of pyridine rings is 1. The lowest BCUT2D eigenvalue weighted by Crippen LogP contribution is -2.50. The van der Waals surface area contributed by atoms with E-state index in [9.17, 15) is 0 Å². The number of aromatic nitrogens is 3. The summed E-state index contributed by atoms with van der Waals surface area (Å²) in [4.78, 5) is 10.1. The van der Waals surface area contributed by atoms with Crippen LogP contribution in [-0.2, 0) is 24.4 Å². The van der Waals surface area contributed by atoms with Crippen LogP contribution in [0.25, 0.3) is 22.3 Å². The monoisotopic (exact) mass is 619 g/mol. The van der Waals surface area contributed by atoms with E-state index in [-0.39, 0.29) is 12.0 Å². The number of hydrogen-bond acceptors (Lipinski definition) is 6. The topological polar surface area (TPSA) is 55.7 Å². The summed E-state index contributed by atoms with van der Waals surface area (Å²) in [6.07, 6.45) is 2.86. The predicted octanol–water partition coefficient (Wildman–Crippen LogP) is 7.53. The van der Waals surface area contributed by atoms with Crippen LogP contribution >= 0.6 is 0 Å². The normalized spacial score (nSPS) is 19.5. The van der Waals surface area contributed by atoms with Gasteiger partial charge in [0.15, 0.2) is 11.9 Å². The van der Waals surface area contributed by atoms with E-state index in [1.54, 1.807) is 6.07 Å². The van der Waals surface area contributed by atoms with E-state index in [0.717, 1.165) is 79.8 Å². The Kier molecular flexibility index (Phi) is 9.10. The highest BCUT2D eigenvalue weighted by Gasteiger charge is 2.28. The molecule has 7 rings (SSSR count). The molecule has 2 saturated heterocycles. The molecule has 46 heavy (non-hydrogen) atoms. The van der Waals surface area contributed by atoms with Crippen LogP contribution < -0.4 is 4.74 Å². The van der Waals surface area contributed by atoms with Gasteiger partial charge in [0, 0.05) is 62.4 Å². The van der Waals surface area contributed by atoms with Gasteiger partial charge in [-0.3, -0.25) is 9.80 Å². The minimum absolute atomic E-state index is 0.167. The minimum atomic E-state index is -0.358. The average molecular weight is 620 g/mol. The number of aryl methyl sites for hydroxylation is 1. The molecule has 0 N–H and O–H groups in total. The maximum absolute atomic E-state index is 15.8. The third kappa shape index (κ3) is 6.70. The van der Waals surface area contributed by atoms with Crippen LogP contribution in [0.4, 0.5) is 4.39 Å². The van der Waals surface area contributed by atoms with E-state index in [0.29, 0.717) is 36.3 Å². The van der Waals surface area contributed by atoms with Gasteiger partial charge in [-0.1, -0.05) is 60.7 Å². The van der Waals surface area contributed by atoms with Gasteiger partial charge >= 0.3 is 0 Å². The van der Waals surface area contributed by atoms with Crippen molar-refractivity contribution in [3.8, 4) is 17.0 Å². The van der Waals surface area contributed by atoms with Crippen LogP contribution in [0.5, 0.6) is 5.75 Å². The quantitative estimate of drug-likeness (QED) is 0.170. The number of benzene rings is 3. The number of nitrogens with zero attached hydrogens (tertiary/aromatic N) is 5. The van der Waals surface area contributed by atoms with Crippen molar-refractivity contribution in [2.75, 3.05) is 26.2 Å². The van der Waals surface area contributed by atoms with Crippen molar-refractivity contribution in [1.29, 1.82) is 0 Å². The van der Waals surface area contributed by atoms with Gasteiger partial charge in [0.1, 0.15) is 18.2 Å². The van der Waals surface area contributed by atoms with Crippen molar-refractivity contribution in [3.63, 3.8) is 0 Å². The van der Waals surface area contributed by atoms with Crippen LogP contribution in [0.15, 0.2) is 84.9 Å². The number of ether oxygens (including phenoxy) is 2. The van der Waals surface area contributed by atoms with E-state index >= 15 is 4.39 Å². The zero-order chi connectivity index (χ0) is 31.5. The van der Waals surface area contributed by atoms with E-state index < -0.39 is 0 Å². The lowest BCUT2D eigenvalue weighted by Gasteiger charge is -2.40. The third-order valence-electron chi connectivity index (χ3n) is 9.28. The number of rotatable bonds is 9. The van der Waals surface area contributed by atoms with Gasteiger partial charge < -0.3 is 9.47 Å². The molecule has 0 saturated carbocycles. The first-order valence-electron chi connectivity index (χ1n) is 16.5. The van der Waals surface area contributed by atoms with Crippen molar-refractivity contribution >= 4 is 11.0 Å². The van der Waals surface area contributed by atoms with Gasteiger partial charge in [0.25, 0.3) is 0 Å². The molecule has 5 aromatic rings. The predicted molar refractivity (Wildman–Crippen MR) is 179 cm³/mol. The van der Waals surface area contributed by atoms with E-state index in [1.807, 2.05) is 48.0 Å². The van der Waals surface area contributed by atoms with Crippen molar-refractivity contribution < 1.29 is 13.9 Å². The standard InChI is InChI=1S/C38H42FN5O2/c1-27-23-42(24-29-11-5-3-6-12-29)18-19-43(27)25-31-21-35(40-38-37(31)28(2)41-44(38)36-15-9-10-20-45-36)33-17-16-32(22-34(33)39)46-26-30-13-7-4-8-14-30/h3-8,11-14,16-17,21-22,27,36H,9-10,15,18-20,23-26H2,1-2H3. The highest BCUT2D eigenvalue weighted by atomic mass is 19.1. The fourth-order valence-electron chi connectivity index (χ4n) is 6.83. The Morgan fingerprint density at radius 2 is 1.70 bits per heavy atom. The molecule has 2 fully saturated rings. The summed E-state index contributed by atoms with van der Waals surface area (Å²) in [6.45, 7) is 10.1. The second-order valence-electron chi connectivity index (χ2n) is 12.7. The molecular weight excluding hydrogens is 577 g/mol. The number of halogens is 1. The van der Waals surface area contributed by atoms with E-state index in [1.165, 1.54) is 11.6 Å². The first-order valence-corrected chi connectivity index (χ1v) is 16.5. The van der Waals surface area contributed by atoms with Crippen LogP contribution in [0, 0.1) is 12.7 Å². The summed E-state index contributed by atoms with van der Waals surface area (Å²) in [6, 6.07) is 28.1. The number of fused-ring (bicyclic) bond motifs is 1. The van der Waals surface area contributed by atoms with Crippen molar-refractivity contribution in [2.24, 2.45) is 0 Å². The largest absolute Gasteiger partial charge is 0.489 e. The number of hydrogen-bond donors (Lipinski definition) is 0. The minimum Gasteiger partial charge on any atom is -0.489 e. The van der Waals surface area contributed by atoms with E-state index in [2.05, 4.69) is 53.1 Å². The third-order valence-corrected chi connectivity index (χ3v) is 9.28. The summed E-state index contributed by atoms with van der Waals surface area (Å²) in [5.74, 6) is 0.132. The molecule has 2 atom stereocenters. The van der Waals surface area contributed by atoms with Gasteiger partial charge in [-0.05, 0) is 68.0 Å². The molecule has 3 aromatic carbocycles. The Morgan fingerprint density at radius 1 is 0.913 bits per heavy atom. The van der Waals surface area contributed by atoms with Crippen LogP contribution in [0.2, 0.25) is 0 Å². The molecule has 0 spiro atoms. The van der Waals surface area contributed by atoms with Crippen LogP contribution in [0.1, 0.15) is 54.8 Å². The molecule has 0 bridgehead atoms. The van der Waals surface area contributed by atoms with Crippen molar-refractivity contribution in [3.05, 3.63) is 113 Å². The van der Waals surface area contributed by atoms with Gasteiger partial charge in [0.05, 0.1) is 11.4 Å². The first kappa shape index (κ1) is 30.5. The molecule has 2 aromatic heterocycles. The Morgan fingerprint density at radius 3 is 2.41 bits per heavy atom. The molecular formula is C38H42FN5O2. The van der Waals surface area contributed by atoms with Crippen LogP contribution in [-0.4, -0.2) is 56.8 Å². The van der Waals surface area contributed by atoms with Gasteiger partial charge in [0.2, 0.25) is 0 Å². The molecule has 2 aliphatic rings. The molecule has 8 heteroatoms. The summed E-state index contributed by atoms with van der Waals surface area (Å²) in [7, 11) is 0. The summed E-state index contributed by atoms with van der Waals surface area (Å²) >= 11 is 0. The second-order valence-corrected chi connectivity index (χ2v) is 12.7. The fourth-order valence-corrected chi connectivity index (χ4v) is 6.83. The number of piperazine rings is 1. The molecule has 2 aliphatic heterocycles. The summed E-state index contributed by atoms with van der Waals surface area (Å²) < 4.78 is 29.8. The van der Waals surface area contributed by atoms with E-state index in [4.69, 9.17) is 19.6 Å². The maximum Gasteiger partial charge on any atom is 0.161 e. The average Bonchev–Trinajstić information content (AvgIpc) is 3.42.